The van der Waals surface area contributed by atoms with Crippen LogP contribution < -0.4 is 9.47 Å². The van der Waals surface area contributed by atoms with E-state index in [4.69, 9.17) is 5.11 Å². The van der Waals surface area contributed by atoms with Crippen molar-refractivity contribution in [1.29, 1.82) is 0 Å². The van der Waals surface area contributed by atoms with E-state index in [1.165, 1.54) is 0 Å². The third-order valence-corrected chi connectivity index (χ3v) is 6.04. The van der Waals surface area contributed by atoms with Crippen LogP contribution in [0, 0.1) is 0 Å². The van der Waals surface area contributed by atoms with Crippen LogP contribution in [0.5, 0.6) is 0 Å². The molecule has 0 unspecified atom stereocenters. The number of H-pyrrole nitrogens is 1. The molecule has 0 bridgehead atoms. The number of thiazole rings is 1. The Balaban J connectivity index is 0.000000427. The summed E-state index contributed by atoms with van der Waals surface area (Å²) in [5, 5.41) is 26.8. The van der Waals surface area contributed by atoms with Gasteiger partial charge in [0.15, 0.2) is 0 Å². The summed E-state index contributed by atoms with van der Waals surface area (Å²) >= 11 is 1.60. The van der Waals surface area contributed by atoms with E-state index in [0.717, 1.165) is 44.7 Å². The standard InChI is InChI=1S/C18H19N6OS.CH4O4S/c1-23(7-8-25)14-5-3-13(4-6-14)20-22-18-24(2)16-10-15-12(11-19-21-15)9-17(16)26-18;1-5-6(2,3)4/h3-6,9-11,25H,7-8H2,1-2H3,(H,19,21);1H3,(H,2,3,4)/q+1;/p-1. The van der Waals surface area contributed by atoms with Gasteiger partial charge in [0.1, 0.15) is 11.2 Å². The topological polar surface area (TPSA) is 147 Å². The molecule has 0 saturated heterocycles. The summed E-state index contributed by atoms with van der Waals surface area (Å²) in [5.74, 6) is 0. The highest BCUT2D eigenvalue weighted by molar-refractivity contribution is 7.80. The van der Waals surface area contributed by atoms with Crippen molar-refractivity contribution in [2.45, 2.75) is 0 Å². The highest BCUT2D eigenvalue weighted by Crippen LogP contribution is 2.30. The van der Waals surface area contributed by atoms with Crippen LogP contribution in [0.25, 0.3) is 21.1 Å². The molecule has 2 heterocycles. The molecule has 0 fully saturated rings. The van der Waals surface area contributed by atoms with Crippen molar-refractivity contribution < 1.29 is 26.8 Å². The number of hydrogen-bond acceptors (Lipinski definition) is 10. The number of aryl methyl sites for hydroxylation is 1. The number of azo groups is 1. The van der Waals surface area contributed by atoms with E-state index in [1.807, 2.05) is 54.0 Å². The molecule has 0 aliphatic rings. The summed E-state index contributed by atoms with van der Waals surface area (Å²) in [5.41, 5.74) is 3.94. The molecule has 0 spiro atoms. The number of aromatic nitrogens is 3. The van der Waals surface area contributed by atoms with Gasteiger partial charge in [-0.15, -0.1) is 0 Å². The first kappa shape index (κ1) is 23.7. The number of rotatable bonds is 6. The maximum Gasteiger partial charge on any atom is 0.409 e. The number of anilines is 1. The van der Waals surface area contributed by atoms with Crippen LogP contribution in [0.3, 0.4) is 0 Å². The lowest BCUT2D eigenvalue weighted by Crippen LogP contribution is -2.25. The highest BCUT2D eigenvalue weighted by Gasteiger charge is 2.17. The zero-order valence-corrected chi connectivity index (χ0v) is 19.2. The van der Waals surface area contributed by atoms with Gasteiger partial charge >= 0.3 is 5.13 Å². The zero-order chi connectivity index (χ0) is 23.3. The second kappa shape index (κ2) is 10.1. The predicted molar refractivity (Wildman–Crippen MR) is 120 cm³/mol. The number of fused-ring (bicyclic) bond motifs is 2. The predicted octanol–water partition coefficient (Wildman–Crippen LogP) is 2.54. The first-order valence-corrected chi connectivity index (χ1v) is 11.5. The monoisotopic (exact) mass is 478 g/mol. The quantitative estimate of drug-likeness (QED) is 0.187. The van der Waals surface area contributed by atoms with Crippen molar-refractivity contribution in [3.05, 3.63) is 42.6 Å². The maximum atomic E-state index is 9.22. The van der Waals surface area contributed by atoms with Crippen molar-refractivity contribution in [2.75, 3.05) is 32.2 Å². The summed E-state index contributed by atoms with van der Waals surface area (Å²) < 4.78 is 34.2. The van der Waals surface area contributed by atoms with Gasteiger partial charge in [-0.05, 0) is 46.8 Å². The molecule has 0 amide bonds. The van der Waals surface area contributed by atoms with E-state index in [1.54, 1.807) is 11.3 Å². The molecular formula is C19H22N6O5S2. The highest BCUT2D eigenvalue weighted by atomic mass is 32.3. The first-order valence-electron chi connectivity index (χ1n) is 9.32. The number of aliphatic hydroxyl groups is 1. The first-order chi connectivity index (χ1) is 15.2. The molecule has 0 aliphatic carbocycles. The van der Waals surface area contributed by atoms with Crippen LogP contribution in [0.2, 0.25) is 0 Å². The second-order valence-electron chi connectivity index (χ2n) is 6.66. The molecule has 4 aromatic rings. The fraction of sp³-hybridized carbons (Fsp3) is 0.263. The lowest BCUT2D eigenvalue weighted by atomic mass is 10.2. The minimum Gasteiger partial charge on any atom is -0.726 e. The number of hydrogen-bond donors (Lipinski definition) is 2. The van der Waals surface area contributed by atoms with Gasteiger partial charge in [0, 0.05) is 30.7 Å². The number of nitrogens with zero attached hydrogens (tertiary/aromatic N) is 5. The van der Waals surface area contributed by atoms with Crippen molar-refractivity contribution in [2.24, 2.45) is 17.3 Å². The second-order valence-corrected chi connectivity index (χ2v) is 8.82. The molecule has 0 aliphatic heterocycles. The van der Waals surface area contributed by atoms with E-state index >= 15 is 0 Å². The van der Waals surface area contributed by atoms with Crippen LogP contribution in [-0.4, -0.2) is 55.6 Å². The molecule has 2 N–H and O–H groups in total. The molecule has 2 aromatic heterocycles. The van der Waals surface area contributed by atoms with Crippen molar-refractivity contribution in [3.8, 4) is 0 Å². The van der Waals surface area contributed by atoms with Crippen LogP contribution >= 0.6 is 11.3 Å². The normalized spacial score (nSPS) is 11.8. The molecule has 0 radical (unpaired) electrons. The maximum absolute atomic E-state index is 9.22. The third-order valence-electron chi connectivity index (χ3n) is 4.55. The van der Waals surface area contributed by atoms with Crippen LogP contribution in [0.4, 0.5) is 16.5 Å². The minimum absolute atomic E-state index is 0.130. The van der Waals surface area contributed by atoms with E-state index in [2.05, 4.69) is 36.7 Å². The summed E-state index contributed by atoms with van der Waals surface area (Å²) in [6.45, 7) is 0.729. The van der Waals surface area contributed by atoms with Gasteiger partial charge in [-0.3, -0.25) is 9.28 Å². The Hall–Kier alpha value is -2.97. The Morgan fingerprint density at radius 2 is 1.97 bits per heavy atom. The van der Waals surface area contributed by atoms with Gasteiger partial charge in [0.25, 0.3) is 0 Å². The number of aromatic amines is 1. The Bertz CT molecular complexity index is 1330. The van der Waals surface area contributed by atoms with Crippen LogP contribution in [-0.2, 0) is 21.6 Å². The Morgan fingerprint density at radius 1 is 1.28 bits per heavy atom. The molecule has 0 atom stereocenters. The average molecular weight is 479 g/mol. The molecule has 4 rings (SSSR count). The molecule has 13 heteroatoms. The number of nitrogens with one attached hydrogen (secondary N) is 1. The van der Waals surface area contributed by atoms with Gasteiger partial charge < -0.3 is 14.6 Å². The van der Waals surface area contributed by atoms with Gasteiger partial charge in [0.2, 0.25) is 10.4 Å². The van der Waals surface area contributed by atoms with E-state index < -0.39 is 10.4 Å². The minimum atomic E-state index is -4.41. The third kappa shape index (κ3) is 5.83. The van der Waals surface area contributed by atoms with Crippen molar-refractivity contribution in [1.82, 2.24) is 10.2 Å². The Kier molecular flexibility index (Phi) is 7.48. The fourth-order valence-electron chi connectivity index (χ4n) is 2.81. The van der Waals surface area contributed by atoms with Gasteiger partial charge in [-0.2, -0.15) is 5.10 Å². The zero-order valence-electron chi connectivity index (χ0n) is 17.6. The number of aliphatic hydroxyl groups excluding tert-OH is 1. The fourth-order valence-corrected chi connectivity index (χ4v) is 3.81. The molecule has 11 nitrogen and oxygen atoms in total. The van der Waals surface area contributed by atoms with Gasteiger partial charge in [0.05, 0.1) is 42.3 Å². The van der Waals surface area contributed by atoms with Crippen LogP contribution in [0.1, 0.15) is 0 Å². The van der Waals surface area contributed by atoms with Gasteiger partial charge in [-0.25, -0.2) is 13.0 Å². The molecular weight excluding hydrogens is 456 g/mol. The smallest absolute Gasteiger partial charge is 0.409 e. The summed E-state index contributed by atoms with van der Waals surface area (Å²) in [6.07, 6.45) is 1.82. The van der Waals surface area contributed by atoms with Crippen molar-refractivity contribution >= 4 is 59.4 Å². The molecule has 0 saturated carbocycles. The lowest BCUT2D eigenvalue weighted by Gasteiger charge is -2.17. The number of benzene rings is 2. The lowest BCUT2D eigenvalue weighted by molar-refractivity contribution is -0.627. The molecule has 32 heavy (non-hydrogen) atoms. The largest absolute Gasteiger partial charge is 0.726 e. The van der Waals surface area contributed by atoms with Gasteiger partial charge in [-0.1, -0.05) is 0 Å². The summed E-state index contributed by atoms with van der Waals surface area (Å²) in [6, 6.07) is 12.0. The van der Waals surface area contributed by atoms with Crippen molar-refractivity contribution in [3.63, 3.8) is 0 Å². The average Bonchev–Trinajstić information content (AvgIpc) is 3.35. The SMILES string of the molecule is CN(CCO)c1ccc(N=Nc2sc3cc4cn[nH]c4cc3[n+]2C)cc1.COS(=O)(=O)[O-]. The summed E-state index contributed by atoms with van der Waals surface area (Å²) in [4.78, 5) is 1.99. The summed E-state index contributed by atoms with van der Waals surface area (Å²) in [7, 11) is 0.330. The molecule has 170 valence electrons. The Labute approximate surface area is 188 Å². The Morgan fingerprint density at radius 3 is 2.59 bits per heavy atom. The number of likely N-dealkylation sites (N-methyl/N-ethyl adjacent to an activating group) is 1. The van der Waals surface area contributed by atoms with Crippen LogP contribution in [0.15, 0.2) is 52.8 Å². The van der Waals surface area contributed by atoms with E-state index in [-0.39, 0.29) is 6.61 Å². The van der Waals surface area contributed by atoms with E-state index in [9.17, 15) is 13.0 Å². The molecule has 2 aromatic carbocycles. The van der Waals surface area contributed by atoms with E-state index in [0.29, 0.717) is 6.54 Å².